The number of benzene rings is 2. The number of aromatic nitrogens is 3. The van der Waals surface area contributed by atoms with Gasteiger partial charge in [-0.05, 0) is 41.5 Å². The van der Waals surface area contributed by atoms with Crippen molar-refractivity contribution in [2.24, 2.45) is 0 Å². The minimum absolute atomic E-state index is 0.0417. The van der Waals surface area contributed by atoms with Crippen molar-refractivity contribution in [2.75, 3.05) is 32.6 Å². The molecule has 7 heteroatoms. The Morgan fingerprint density at radius 1 is 1.06 bits per heavy atom. The maximum absolute atomic E-state index is 12.7. The minimum atomic E-state index is -0.254. The number of hydrogen-bond acceptors (Lipinski definition) is 5. The highest BCUT2D eigenvalue weighted by Crippen LogP contribution is 2.31. The number of para-hydroxylation sites is 1. The fourth-order valence-corrected chi connectivity index (χ4v) is 3.60. The largest absolute Gasteiger partial charge is 0.497 e. The highest BCUT2D eigenvalue weighted by atomic mass is 16.5. The van der Waals surface area contributed by atoms with Gasteiger partial charge in [0.25, 0.3) is 5.91 Å². The van der Waals surface area contributed by atoms with Crippen LogP contribution in [0.2, 0.25) is 0 Å². The first-order valence-electron chi connectivity index (χ1n) is 10.1. The molecule has 7 nitrogen and oxygen atoms in total. The van der Waals surface area contributed by atoms with Gasteiger partial charge >= 0.3 is 0 Å². The molecule has 0 aliphatic heterocycles. The van der Waals surface area contributed by atoms with E-state index in [0.717, 1.165) is 27.8 Å². The van der Waals surface area contributed by atoms with Gasteiger partial charge in [-0.2, -0.15) is 0 Å². The summed E-state index contributed by atoms with van der Waals surface area (Å²) in [5, 5.41) is 12.3. The molecule has 0 aliphatic carbocycles. The van der Waals surface area contributed by atoms with Crippen molar-refractivity contribution in [1.82, 2.24) is 20.5 Å². The molecule has 31 heavy (non-hydrogen) atoms. The second-order valence-corrected chi connectivity index (χ2v) is 7.50. The first-order valence-corrected chi connectivity index (χ1v) is 10.1. The fourth-order valence-electron chi connectivity index (χ4n) is 3.60. The average molecular weight is 415 g/mol. The zero-order chi connectivity index (χ0) is 21.8. The van der Waals surface area contributed by atoms with Crippen molar-refractivity contribution in [3.05, 3.63) is 83.7 Å². The Balaban J connectivity index is 1.60. The van der Waals surface area contributed by atoms with Gasteiger partial charge in [0, 0.05) is 43.7 Å². The average Bonchev–Trinajstić information content (AvgIpc) is 3.23. The van der Waals surface area contributed by atoms with Gasteiger partial charge in [-0.3, -0.25) is 4.79 Å². The van der Waals surface area contributed by atoms with Crippen molar-refractivity contribution in [2.45, 2.75) is 5.92 Å². The number of fused-ring (bicyclic) bond motifs is 1. The number of aromatic amines is 1. The van der Waals surface area contributed by atoms with Gasteiger partial charge in [0.15, 0.2) is 11.5 Å². The van der Waals surface area contributed by atoms with E-state index >= 15 is 0 Å². The molecule has 2 aromatic carbocycles. The fraction of sp³-hybridized carbons (Fsp3) is 0.208. The lowest BCUT2D eigenvalue weighted by Gasteiger charge is -2.18. The molecular weight excluding hydrogens is 390 g/mol. The third-order valence-electron chi connectivity index (χ3n) is 5.32. The first-order chi connectivity index (χ1) is 15.1. The second kappa shape index (κ2) is 8.87. The predicted octanol–water partition coefficient (Wildman–Crippen LogP) is 3.59. The molecule has 1 unspecified atom stereocenters. The lowest BCUT2D eigenvalue weighted by molar-refractivity contribution is 0.0946. The Morgan fingerprint density at radius 2 is 1.84 bits per heavy atom. The van der Waals surface area contributed by atoms with Gasteiger partial charge in [-0.15, -0.1) is 10.2 Å². The summed E-state index contributed by atoms with van der Waals surface area (Å²) in [5.41, 5.74) is 3.56. The Morgan fingerprint density at radius 3 is 2.52 bits per heavy atom. The number of hydrogen-bond donors (Lipinski definition) is 2. The van der Waals surface area contributed by atoms with E-state index in [2.05, 4.69) is 26.6 Å². The van der Waals surface area contributed by atoms with E-state index in [1.165, 1.54) is 0 Å². The molecule has 2 heterocycles. The molecule has 2 aromatic heterocycles. The minimum Gasteiger partial charge on any atom is -0.497 e. The molecule has 1 atom stereocenters. The topological polar surface area (TPSA) is 83.1 Å². The van der Waals surface area contributed by atoms with Crippen LogP contribution < -0.4 is 15.0 Å². The molecule has 4 rings (SSSR count). The number of carbonyl (C=O) groups is 1. The van der Waals surface area contributed by atoms with E-state index in [4.69, 9.17) is 4.74 Å². The van der Waals surface area contributed by atoms with Crippen molar-refractivity contribution in [3.63, 3.8) is 0 Å². The van der Waals surface area contributed by atoms with Crippen LogP contribution in [0.15, 0.2) is 66.9 Å². The van der Waals surface area contributed by atoms with Gasteiger partial charge < -0.3 is 19.9 Å². The lowest BCUT2D eigenvalue weighted by Crippen LogP contribution is -2.30. The van der Waals surface area contributed by atoms with Gasteiger partial charge in [0.2, 0.25) is 0 Å². The molecule has 0 aliphatic rings. The van der Waals surface area contributed by atoms with Crippen LogP contribution in [0.3, 0.4) is 0 Å². The number of amides is 1. The van der Waals surface area contributed by atoms with E-state index in [9.17, 15) is 4.79 Å². The smallest absolute Gasteiger partial charge is 0.271 e. The van der Waals surface area contributed by atoms with E-state index in [0.29, 0.717) is 12.4 Å². The van der Waals surface area contributed by atoms with Crippen LogP contribution in [0.5, 0.6) is 5.75 Å². The summed E-state index contributed by atoms with van der Waals surface area (Å²) in [6, 6.07) is 19.6. The molecule has 2 N–H and O–H groups in total. The summed E-state index contributed by atoms with van der Waals surface area (Å²) in [4.78, 5) is 17.9. The maximum atomic E-state index is 12.7. The van der Waals surface area contributed by atoms with Gasteiger partial charge in [-0.25, -0.2) is 0 Å². The van der Waals surface area contributed by atoms with E-state index in [1.807, 2.05) is 67.7 Å². The summed E-state index contributed by atoms with van der Waals surface area (Å²) in [7, 11) is 5.41. The summed E-state index contributed by atoms with van der Waals surface area (Å²) in [6.07, 6.45) is 2.01. The summed E-state index contributed by atoms with van der Waals surface area (Å²) < 4.78 is 5.30. The third kappa shape index (κ3) is 4.35. The molecule has 0 bridgehead atoms. The van der Waals surface area contributed by atoms with Crippen LogP contribution in [0, 0.1) is 0 Å². The molecule has 0 saturated heterocycles. The molecule has 1 amide bonds. The van der Waals surface area contributed by atoms with Gasteiger partial charge in [0.1, 0.15) is 5.75 Å². The van der Waals surface area contributed by atoms with Crippen molar-refractivity contribution in [1.29, 1.82) is 0 Å². The Hall–Kier alpha value is -3.87. The third-order valence-corrected chi connectivity index (χ3v) is 5.32. The first kappa shape index (κ1) is 20.4. The van der Waals surface area contributed by atoms with Crippen LogP contribution in [-0.2, 0) is 0 Å². The van der Waals surface area contributed by atoms with Crippen LogP contribution in [-0.4, -0.2) is 48.8 Å². The highest BCUT2D eigenvalue weighted by molar-refractivity contribution is 5.92. The number of carbonyl (C=O) groups excluding carboxylic acids is 1. The number of methoxy groups -OCH3 is 1. The van der Waals surface area contributed by atoms with Gasteiger partial charge in [0.05, 0.1) is 7.11 Å². The van der Waals surface area contributed by atoms with Crippen LogP contribution in [0.25, 0.3) is 10.9 Å². The van der Waals surface area contributed by atoms with Crippen LogP contribution in [0.4, 0.5) is 5.82 Å². The standard InChI is InChI=1S/C24H25N5O2/c1-29(2)23-13-12-22(27-28-23)24(30)26-14-19(16-8-10-17(31-3)11-9-16)20-15-25-21-7-5-4-6-18(20)21/h4-13,15,19,25H,14H2,1-3H3,(H,26,30). The van der Waals surface area contributed by atoms with E-state index in [-0.39, 0.29) is 17.5 Å². The molecule has 158 valence electrons. The second-order valence-electron chi connectivity index (χ2n) is 7.50. The number of nitrogens with zero attached hydrogens (tertiary/aromatic N) is 3. The molecule has 0 spiro atoms. The Bertz CT molecular complexity index is 1170. The molecule has 4 aromatic rings. The quantitative estimate of drug-likeness (QED) is 0.482. The zero-order valence-electron chi connectivity index (χ0n) is 17.8. The highest BCUT2D eigenvalue weighted by Gasteiger charge is 2.20. The number of rotatable bonds is 7. The molecule has 0 saturated carbocycles. The SMILES string of the molecule is COc1ccc(C(CNC(=O)c2ccc(N(C)C)nn2)c2c[nH]c3ccccc23)cc1. The van der Waals surface area contributed by atoms with Crippen molar-refractivity contribution >= 4 is 22.6 Å². The van der Waals surface area contributed by atoms with Crippen molar-refractivity contribution < 1.29 is 9.53 Å². The number of H-pyrrole nitrogens is 1. The van der Waals surface area contributed by atoms with E-state index in [1.54, 1.807) is 19.2 Å². The maximum Gasteiger partial charge on any atom is 0.271 e. The normalized spacial score (nSPS) is 11.8. The molecular formula is C24H25N5O2. The number of anilines is 1. The lowest BCUT2D eigenvalue weighted by atomic mass is 9.90. The number of nitrogens with one attached hydrogen (secondary N) is 2. The van der Waals surface area contributed by atoms with Crippen molar-refractivity contribution in [3.8, 4) is 5.75 Å². The Kier molecular flexibility index (Phi) is 5.84. The molecule has 0 radical (unpaired) electrons. The Labute approximate surface area is 181 Å². The summed E-state index contributed by atoms with van der Waals surface area (Å²) >= 11 is 0. The predicted molar refractivity (Wildman–Crippen MR) is 122 cm³/mol. The number of ether oxygens (including phenoxy) is 1. The van der Waals surface area contributed by atoms with Crippen LogP contribution in [0.1, 0.15) is 27.5 Å². The summed E-state index contributed by atoms with van der Waals surface area (Å²) in [6.45, 7) is 0.421. The zero-order valence-corrected chi connectivity index (χ0v) is 17.8. The monoisotopic (exact) mass is 415 g/mol. The van der Waals surface area contributed by atoms with E-state index < -0.39 is 0 Å². The summed E-state index contributed by atoms with van der Waals surface area (Å²) in [5.74, 6) is 1.20. The van der Waals surface area contributed by atoms with Crippen LogP contribution >= 0.6 is 0 Å². The van der Waals surface area contributed by atoms with Gasteiger partial charge in [-0.1, -0.05) is 30.3 Å². The molecule has 0 fully saturated rings.